The SMILES string of the molecule is O=C1/C(=C\c2ccc(N3c4ccccc4-c4ccccc4-c4ccccc43)[te]2)C(=O)C2SC=CC12.O=C1/C(=C\c2ccc(N3c4ccccc4-c4ccccc4-c4ccccc43)[te]2)C(=O)C2SC=CC12.O=C1/C(=C\c2ccc(N3c4ccccc4N(c4ccccc4)c4ccccc43)[te]2)C(=O)C2SC=CC12.O=C1/C(=C\c2ccc(N3c4ccccc4N(c4ccccc4)c4cccnc43)[te]2)C(=O)C2SC=CC12. The number of hydrogen-bond acceptors (Lipinski definition) is 19. The number of thioether (sulfide) groups is 4. The van der Waals surface area contributed by atoms with Gasteiger partial charge in [-0.1, -0.05) is 0 Å². The van der Waals surface area contributed by atoms with Crippen molar-refractivity contribution in [1.29, 1.82) is 0 Å². The summed E-state index contributed by atoms with van der Waals surface area (Å²) < 4.78 is 9.36. The van der Waals surface area contributed by atoms with Gasteiger partial charge in [-0.2, -0.15) is 0 Å². The third-order valence-electron chi connectivity index (χ3n) is 27.1. The van der Waals surface area contributed by atoms with Crippen LogP contribution in [0, 0.1) is 23.7 Å². The number of benzene rings is 11. The second kappa shape index (κ2) is 38.1. The number of allylic oxidation sites excluding steroid dienone is 8. The Bertz CT molecular complexity index is 7580. The second-order valence-corrected chi connectivity index (χ2v) is 51.8. The van der Waals surface area contributed by atoms with E-state index in [1.807, 2.05) is 107 Å². The van der Waals surface area contributed by atoms with Gasteiger partial charge in [0.05, 0.1) is 0 Å². The van der Waals surface area contributed by atoms with Crippen molar-refractivity contribution in [1.82, 2.24) is 4.98 Å². The summed E-state index contributed by atoms with van der Waals surface area (Å²) in [7, 11) is 0. The number of anilines is 18. The molecule has 4 fully saturated rings. The number of carbonyl (C=O) groups is 8. The quantitative estimate of drug-likeness (QED) is 0.0719. The summed E-state index contributed by atoms with van der Waals surface area (Å²) in [6.07, 6.45) is 16.8. The van der Waals surface area contributed by atoms with E-state index in [1.54, 1.807) is 0 Å². The minimum absolute atomic E-state index is 0.0160. The fourth-order valence-corrected chi connectivity index (χ4v) is 36.1. The van der Waals surface area contributed by atoms with E-state index in [1.165, 1.54) is 106 Å². The maximum atomic E-state index is 12.9. The van der Waals surface area contributed by atoms with E-state index < -0.39 is 81.7 Å². The standard InChI is InChI=1S/C30H20N2O2STe.2C30H19NO2STe.C29H19N3O2STe/c33-28-21-16-17-35-30(21)29(34)22(28)18-20-14-15-27(36-20)32-25-12-6-4-10-23(25)31(19-8-2-1-3-9-19)24-11-5-7-13-26(24)32;2*32-28-23-15-16-34-30(23)29(33)24(28)17-18-13-14-27(35-18)31-25-11-5-3-9-21(25)19-7-1-2-8-20(19)22-10-4-6-12-26(22)31;33-26-20-14-16-35-28(20)27(34)21(26)17-19-12-13-25(36-19)32-23-10-5-4-9-22(23)31(18-7-2-1-3-8-18)24-11-6-15-30-29(24)32/h1-18,21,30H;2*1-17,23,30H;1-17,20,28H/b22-18+;2*24-17+;21-17+. The zero-order valence-electron chi connectivity index (χ0n) is 75.1. The van der Waals surface area contributed by atoms with E-state index in [4.69, 9.17) is 4.98 Å². The monoisotopic (exact) mass is 2380 g/mol. The molecular weight excluding hydrogens is 2290 g/mol. The number of carbonyl (C=O) groups excluding carboxylic acids is 8. The molecule has 0 bridgehead atoms. The van der Waals surface area contributed by atoms with Crippen molar-refractivity contribution < 1.29 is 38.4 Å². The summed E-state index contributed by atoms with van der Waals surface area (Å²) in [5, 5.41) is 6.49. The topological polar surface area (TPSA) is 169 Å². The maximum absolute atomic E-state index is 12.9. The van der Waals surface area contributed by atoms with Crippen molar-refractivity contribution in [2.24, 2.45) is 23.7 Å². The minimum atomic E-state index is -0.850. The van der Waals surface area contributed by atoms with Crippen LogP contribution in [0.15, 0.2) is 414 Å². The van der Waals surface area contributed by atoms with Crippen LogP contribution in [0.3, 0.4) is 0 Å². The van der Waals surface area contributed by atoms with Crippen LogP contribution in [0.25, 0.3) is 68.8 Å². The van der Waals surface area contributed by atoms with Gasteiger partial charge in [0.25, 0.3) is 0 Å². The summed E-state index contributed by atoms with van der Waals surface area (Å²) >= 11 is 2.58. The first-order valence-corrected chi connectivity index (χ1v) is 59.5. The first-order valence-electron chi connectivity index (χ1n) is 46.4. The van der Waals surface area contributed by atoms with Crippen LogP contribution in [0.5, 0.6) is 0 Å². The fourth-order valence-electron chi connectivity index (χ4n) is 20.7. The number of pyridine rings is 1. The van der Waals surface area contributed by atoms with Gasteiger partial charge in [-0.25, -0.2) is 0 Å². The van der Waals surface area contributed by atoms with Crippen molar-refractivity contribution in [3.8, 4) is 44.5 Å². The molecule has 4 saturated carbocycles. The molecule has 16 aromatic rings. The Labute approximate surface area is 874 Å². The summed E-state index contributed by atoms with van der Waals surface area (Å²) in [5.41, 5.74) is 25.7. The fraction of sp³-hybridized carbons (Fsp3) is 0.0672. The molecule has 142 heavy (non-hydrogen) atoms. The molecule has 28 rings (SSSR count). The van der Waals surface area contributed by atoms with Crippen molar-refractivity contribution in [2.75, 3.05) is 29.4 Å². The average Bonchev–Trinajstić information content (AvgIpc) is 0.876. The molecule has 8 unspecified atom stereocenters. The second-order valence-electron chi connectivity index (χ2n) is 35.1. The van der Waals surface area contributed by atoms with Crippen LogP contribution >= 0.6 is 47.0 Å². The molecule has 5 aromatic heterocycles. The number of nitrogens with zero attached hydrogens (tertiary/aromatic N) is 7. The number of hydrogen-bond donors (Lipinski definition) is 0. The molecule has 4 aliphatic carbocycles. The third-order valence-corrected chi connectivity index (χ3v) is 43.2. The van der Waals surface area contributed by atoms with Gasteiger partial charge in [-0.15, -0.1) is 0 Å². The van der Waals surface area contributed by atoms with Crippen molar-refractivity contribution in [2.45, 2.75) is 21.0 Å². The number of Topliss-reactive ketones (excluding diaryl/α,β-unsaturated/α-hetero) is 8. The molecule has 15 nitrogen and oxygen atoms in total. The Morgan fingerprint density at radius 2 is 0.437 bits per heavy atom. The Balaban J connectivity index is 0.0000000995. The van der Waals surface area contributed by atoms with Crippen molar-refractivity contribution in [3.05, 3.63) is 428 Å². The Morgan fingerprint density at radius 1 is 0.211 bits per heavy atom. The van der Waals surface area contributed by atoms with Crippen LogP contribution in [-0.2, 0) is 38.4 Å². The van der Waals surface area contributed by atoms with E-state index >= 15 is 0 Å². The van der Waals surface area contributed by atoms with Crippen LogP contribution in [-0.4, -0.2) is 154 Å². The number of rotatable bonds is 10. The summed E-state index contributed by atoms with van der Waals surface area (Å²) in [5.74, 6) is -0.461. The zero-order valence-corrected chi connectivity index (χ0v) is 87.7. The van der Waals surface area contributed by atoms with Crippen LogP contribution < -0.4 is 29.4 Å². The number of ketones is 8. The molecule has 0 radical (unpaired) electrons. The summed E-state index contributed by atoms with van der Waals surface area (Å²) in [4.78, 5) is 122. The van der Waals surface area contributed by atoms with Gasteiger partial charge in [0.1, 0.15) is 0 Å². The van der Waals surface area contributed by atoms with Crippen LogP contribution in [0.2, 0.25) is 0 Å². The first kappa shape index (κ1) is 90.4. The Hall–Kier alpha value is -12.9. The van der Waals surface area contributed by atoms with Crippen molar-refractivity contribution in [3.63, 3.8) is 0 Å². The number of para-hydroxylation sites is 12. The van der Waals surface area contributed by atoms with Crippen LogP contribution in [0.4, 0.5) is 94.6 Å². The Kier molecular flexibility index (Phi) is 24.3. The third kappa shape index (κ3) is 15.9. The molecule has 0 saturated heterocycles. The molecule has 23 heteroatoms. The number of fused-ring (bicyclic) bond motifs is 18. The van der Waals surface area contributed by atoms with Gasteiger partial charge >= 0.3 is 884 Å². The van der Waals surface area contributed by atoms with E-state index in [-0.39, 0.29) is 90.9 Å². The van der Waals surface area contributed by atoms with Gasteiger partial charge in [0.2, 0.25) is 0 Å². The molecule has 0 amide bonds. The normalized spacial score (nSPS) is 21.1. The van der Waals surface area contributed by atoms with Gasteiger partial charge in [-0.3, -0.25) is 0 Å². The van der Waals surface area contributed by atoms with Crippen LogP contribution in [0.1, 0.15) is 14.3 Å². The average molecular weight is 2370 g/mol. The van der Waals surface area contributed by atoms with E-state index in [9.17, 15) is 38.4 Å². The van der Waals surface area contributed by atoms with Crippen molar-refractivity contribution >= 4 is 294 Å². The Morgan fingerprint density at radius 3 is 0.725 bits per heavy atom. The van der Waals surface area contributed by atoms with Gasteiger partial charge in [0.15, 0.2) is 0 Å². The summed E-state index contributed by atoms with van der Waals surface area (Å²) in [6, 6.07) is 119. The molecule has 0 N–H and O–H groups in total. The molecule has 11 aromatic carbocycles. The zero-order chi connectivity index (χ0) is 95.5. The molecule has 13 heterocycles. The molecular formula is C119H77N7O8S4Te4. The van der Waals surface area contributed by atoms with Gasteiger partial charge < -0.3 is 0 Å². The van der Waals surface area contributed by atoms with E-state index in [0.29, 0.717) is 22.3 Å². The predicted molar refractivity (Wildman–Crippen MR) is 583 cm³/mol. The molecule has 8 aliphatic heterocycles. The van der Waals surface area contributed by atoms with Gasteiger partial charge in [0, 0.05) is 0 Å². The molecule has 0 spiro atoms. The molecule has 684 valence electrons. The first-order chi connectivity index (χ1) is 69.8. The summed E-state index contributed by atoms with van der Waals surface area (Å²) in [6.45, 7) is 0. The van der Waals surface area contributed by atoms with Gasteiger partial charge in [-0.05, 0) is 0 Å². The van der Waals surface area contributed by atoms with E-state index in [0.717, 1.165) is 94.1 Å². The number of aromatic nitrogens is 1. The molecule has 12 aliphatic rings. The predicted octanol–water partition coefficient (Wildman–Crippen LogP) is 26.2. The van der Waals surface area contributed by atoms with E-state index in [2.05, 4.69) is 339 Å². The molecule has 8 atom stereocenters.